The second kappa shape index (κ2) is 17.3. The minimum Gasteiger partial charge on any atom is -0.481 e. The van der Waals surface area contributed by atoms with Crippen molar-refractivity contribution in [3.05, 3.63) is 82.3 Å². The molecule has 2 aromatic heterocycles. The van der Waals surface area contributed by atoms with E-state index in [0.717, 1.165) is 48.8 Å². The molecule has 0 radical (unpaired) electrons. The van der Waals surface area contributed by atoms with Crippen molar-refractivity contribution >= 4 is 72.7 Å². The Hall–Kier alpha value is -4.81. The van der Waals surface area contributed by atoms with Crippen LogP contribution in [0.3, 0.4) is 0 Å². The maximum atomic E-state index is 15.0. The van der Waals surface area contributed by atoms with Gasteiger partial charge < -0.3 is 29.5 Å². The third-order valence-electron chi connectivity index (χ3n) is 9.37. The molecule has 2 saturated heterocycles. The van der Waals surface area contributed by atoms with Crippen molar-refractivity contribution in [2.45, 2.75) is 43.2 Å². The molecule has 3 aliphatic rings. The molecule has 2 amide bonds. The quantitative estimate of drug-likeness (QED) is 0.266. The van der Waals surface area contributed by atoms with E-state index in [1.165, 1.54) is 48.2 Å². The largest absolute Gasteiger partial charge is 0.481 e. The van der Waals surface area contributed by atoms with Crippen LogP contribution in [0.5, 0.6) is 5.88 Å². The fourth-order valence-electron chi connectivity index (χ4n) is 6.89. The van der Waals surface area contributed by atoms with Crippen LogP contribution in [0.15, 0.2) is 71.1 Å². The summed E-state index contributed by atoms with van der Waals surface area (Å²) < 4.78 is 42.4. The smallest absolute Gasteiger partial charge is 0.411 e. The van der Waals surface area contributed by atoms with E-state index in [2.05, 4.69) is 21.8 Å². The highest BCUT2D eigenvalue weighted by Gasteiger charge is 2.61. The number of anilines is 1. The number of aromatic nitrogens is 1. The average molecular weight is 816 g/mol. The van der Waals surface area contributed by atoms with Gasteiger partial charge in [-0.25, -0.2) is 18.2 Å². The number of carbonyl (C=O) groups excluding carboxylic acids is 2. The first-order valence-corrected chi connectivity index (χ1v) is 20.0. The maximum absolute atomic E-state index is 15.0. The number of amides is 2. The van der Waals surface area contributed by atoms with Crippen molar-refractivity contribution in [1.82, 2.24) is 19.7 Å². The molecule has 15 nitrogen and oxygen atoms in total. The van der Waals surface area contributed by atoms with Gasteiger partial charge in [-0.2, -0.15) is 4.31 Å². The van der Waals surface area contributed by atoms with Crippen molar-refractivity contribution in [2.75, 3.05) is 57.7 Å². The van der Waals surface area contributed by atoms with Gasteiger partial charge in [0.15, 0.2) is 0 Å². The predicted octanol–water partition coefficient (Wildman–Crippen LogP) is 4.97. The number of carbonyl (C=O) groups is 4. The van der Waals surface area contributed by atoms with Crippen molar-refractivity contribution < 1.29 is 47.3 Å². The molecule has 2 fully saturated rings. The number of hydrogen-bond acceptors (Lipinski definition) is 12. The summed E-state index contributed by atoms with van der Waals surface area (Å²) in [6.07, 6.45) is 2.87. The van der Waals surface area contributed by atoms with Crippen molar-refractivity contribution in [3.8, 4) is 5.88 Å². The summed E-state index contributed by atoms with van der Waals surface area (Å²) in [4.78, 5) is 57.6. The third-order valence-corrected chi connectivity index (χ3v) is 12.5. The number of piperazine rings is 1. The average Bonchev–Trinajstić information content (AvgIpc) is 3.69. The Morgan fingerprint density at radius 3 is 2.20 bits per heavy atom. The molecule has 1 unspecified atom stereocenters. The summed E-state index contributed by atoms with van der Waals surface area (Å²) in [6, 6.07) is 15.1. The van der Waals surface area contributed by atoms with Crippen LogP contribution in [0.25, 0.3) is 10.1 Å². The van der Waals surface area contributed by atoms with E-state index in [-0.39, 0.29) is 32.6 Å². The number of aliphatic carboxylic acids is 2. The number of methoxy groups -OCH3 is 1. The Labute approximate surface area is 327 Å². The predicted molar refractivity (Wildman–Crippen MR) is 206 cm³/mol. The van der Waals surface area contributed by atoms with Gasteiger partial charge >= 0.3 is 6.09 Å². The Bertz CT molecular complexity index is 2150. The highest BCUT2D eigenvalue weighted by Crippen LogP contribution is 2.52. The van der Waals surface area contributed by atoms with Gasteiger partial charge in [0, 0.05) is 78.3 Å². The lowest BCUT2D eigenvalue weighted by atomic mass is 9.87. The van der Waals surface area contributed by atoms with Gasteiger partial charge in [0.05, 0.1) is 18.4 Å². The summed E-state index contributed by atoms with van der Waals surface area (Å²) >= 11 is 7.76. The molecule has 0 spiro atoms. The van der Waals surface area contributed by atoms with Crippen LogP contribution in [0, 0.1) is 0 Å². The number of rotatable bonds is 6. The first kappa shape index (κ1) is 41.4. The molecule has 0 bridgehead atoms. The maximum Gasteiger partial charge on any atom is 0.411 e. The fraction of sp³-hybridized carbons (Fsp3) is 0.378. The molecule has 2 aromatic carbocycles. The van der Waals surface area contributed by atoms with E-state index in [9.17, 15) is 18.0 Å². The van der Waals surface area contributed by atoms with E-state index >= 15 is 0 Å². The summed E-state index contributed by atoms with van der Waals surface area (Å²) in [5, 5.41) is 17.1. The number of carboxylic acids is 2. The second-order valence-electron chi connectivity index (χ2n) is 13.0. The number of thiophene rings is 1. The minimum atomic E-state index is -4.51. The molecule has 0 aliphatic carbocycles. The Morgan fingerprint density at radius 1 is 0.927 bits per heavy atom. The van der Waals surface area contributed by atoms with Gasteiger partial charge in [0.2, 0.25) is 5.88 Å². The summed E-state index contributed by atoms with van der Waals surface area (Å²) in [5.74, 6) is -2.65. The van der Waals surface area contributed by atoms with Gasteiger partial charge in [-0.15, -0.1) is 11.3 Å². The minimum absolute atomic E-state index is 0.00638. The molecular weight excluding hydrogens is 774 g/mol. The van der Waals surface area contributed by atoms with Gasteiger partial charge in [-0.1, -0.05) is 29.8 Å². The molecule has 0 saturated carbocycles. The van der Waals surface area contributed by atoms with Crippen LogP contribution in [-0.4, -0.2) is 122 Å². The normalized spacial score (nSPS) is 19.1. The number of pyridine rings is 1. The van der Waals surface area contributed by atoms with Gasteiger partial charge in [0.1, 0.15) is 4.90 Å². The Balaban J connectivity index is 0.000000663. The van der Waals surface area contributed by atoms with Crippen LogP contribution in [0.4, 0.5) is 10.5 Å². The lowest BCUT2D eigenvalue weighted by Gasteiger charge is -2.42. The number of halogens is 1. The molecule has 3 aliphatic heterocycles. The van der Waals surface area contributed by atoms with E-state index in [1.54, 1.807) is 29.2 Å². The SMILES string of the molecule is CC(=O)O.CC(=O)O.COc1ncccc1C1(OC(=O)N2CCN(C3CCN(C)CC3)CC2)C(=O)N(S(=O)(=O)c2csc3ccccc23)c2ccc(Cl)cc21. The molecule has 2 N–H and O–H groups in total. The van der Waals surface area contributed by atoms with Crippen LogP contribution in [-0.2, 0) is 34.7 Å². The number of nitrogens with zero attached hydrogens (tertiary/aromatic N) is 5. The first-order valence-electron chi connectivity index (χ1n) is 17.3. The number of benzene rings is 2. The topological polar surface area (TPSA) is 187 Å². The zero-order valence-electron chi connectivity index (χ0n) is 30.7. The van der Waals surface area contributed by atoms with Crippen molar-refractivity contribution in [3.63, 3.8) is 0 Å². The standard InChI is InChI=1S/C33H34ClN5O6S2.2C2H4O2/c1-36-14-11-23(12-15-36)37-16-18-38(19-17-37)32(41)45-33(25-7-5-13-35-30(25)44-2)26-20-22(34)9-10-27(26)39(31(33)40)47(42,43)29-21-46-28-8-4-3-6-24(28)29;2*1-2(3)4/h3-10,13,20-21,23H,11-12,14-19H2,1-2H3;2*1H3,(H,3,4). The molecule has 7 rings (SSSR count). The molecular formula is C37H42ClN5O10S2. The zero-order chi connectivity index (χ0) is 40.1. The third kappa shape index (κ3) is 8.70. The number of likely N-dealkylation sites (tertiary alicyclic amines) is 1. The monoisotopic (exact) mass is 815 g/mol. The van der Waals surface area contributed by atoms with Crippen LogP contribution < -0.4 is 9.04 Å². The van der Waals surface area contributed by atoms with Crippen LogP contribution in [0.1, 0.15) is 37.8 Å². The Morgan fingerprint density at radius 2 is 1.56 bits per heavy atom. The molecule has 5 heterocycles. The lowest BCUT2D eigenvalue weighted by Crippen LogP contribution is -2.55. The summed E-state index contributed by atoms with van der Waals surface area (Å²) in [6.45, 7) is 6.35. The van der Waals surface area contributed by atoms with Gasteiger partial charge in [0.25, 0.3) is 33.5 Å². The van der Waals surface area contributed by atoms with Crippen LogP contribution >= 0.6 is 22.9 Å². The number of carboxylic acid groups (broad SMARTS) is 2. The fourth-order valence-corrected chi connectivity index (χ4v) is 9.99. The number of sulfonamides is 1. The molecule has 18 heteroatoms. The van der Waals surface area contributed by atoms with Gasteiger partial charge in [-0.05, 0) is 69.4 Å². The number of hydrogen-bond donors (Lipinski definition) is 2. The lowest BCUT2D eigenvalue weighted by molar-refractivity contribution is -0.135. The number of ether oxygens (including phenoxy) is 2. The van der Waals surface area contributed by atoms with E-state index in [1.807, 2.05) is 12.1 Å². The van der Waals surface area contributed by atoms with Crippen molar-refractivity contribution in [2.24, 2.45) is 0 Å². The van der Waals surface area contributed by atoms with Gasteiger partial charge in [-0.3, -0.25) is 19.3 Å². The molecule has 294 valence electrons. The molecule has 55 heavy (non-hydrogen) atoms. The van der Waals surface area contributed by atoms with Crippen molar-refractivity contribution in [1.29, 1.82) is 0 Å². The van der Waals surface area contributed by atoms with E-state index in [0.29, 0.717) is 37.6 Å². The first-order chi connectivity index (χ1) is 26.1. The van der Waals surface area contributed by atoms with E-state index in [4.69, 9.17) is 40.9 Å². The van der Waals surface area contributed by atoms with E-state index < -0.39 is 39.6 Å². The second-order valence-corrected chi connectivity index (χ2v) is 16.1. The molecule has 4 aromatic rings. The highest BCUT2D eigenvalue weighted by molar-refractivity contribution is 7.94. The highest BCUT2D eigenvalue weighted by atomic mass is 35.5. The van der Waals surface area contributed by atoms with Crippen LogP contribution in [0.2, 0.25) is 5.02 Å². The molecule has 1 atom stereocenters. The summed E-state index contributed by atoms with van der Waals surface area (Å²) in [5.41, 5.74) is -2.05. The summed E-state index contributed by atoms with van der Waals surface area (Å²) in [7, 11) is -0.996. The Kier molecular flexibility index (Phi) is 13.0. The zero-order valence-corrected chi connectivity index (χ0v) is 33.1. The number of fused-ring (bicyclic) bond motifs is 2. The number of piperidine rings is 1.